The van der Waals surface area contributed by atoms with E-state index < -0.39 is 11.9 Å². The zero-order chi connectivity index (χ0) is 15.3. The maximum absolute atomic E-state index is 12.4. The monoisotopic (exact) mass is 279 g/mol. The molecule has 0 saturated heterocycles. The first kappa shape index (κ1) is 16.0. The van der Waals surface area contributed by atoms with E-state index in [2.05, 4.69) is 0 Å². The number of aliphatic carboxylic acids is 1. The highest BCUT2D eigenvalue weighted by molar-refractivity contribution is 5.97. The molecular formula is C15H21NO4. The Kier molecular flexibility index (Phi) is 5.55. The summed E-state index contributed by atoms with van der Waals surface area (Å²) >= 11 is 0. The number of para-hydroxylation sites is 1. The summed E-state index contributed by atoms with van der Waals surface area (Å²) in [7, 11) is 1.59. The quantitative estimate of drug-likeness (QED) is 0.867. The minimum atomic E-state index is -0.920. The average molecular weight is 279 g/mol. The van der Waals surface area contributed by atoms with Crippen LogP contribution in [0.25, 0.3) is 0 Å². The number of hydrogen-bond donors (Lipinski definition) is 1. The SMILES string of the molecule is CC(C)Oc1ccccc1C(=O)N(C)CC(C)C(=O)O. The van der Waals surface area contributed by atoms with Gasteiger partial charge in [-0.25, -0.2) is 0 Å². The second-order valence-electron chi connectivity index (χ2n) is 5.09. The van der Waals surface area contributed by atoms with E-state index in [1.165, 1.54) is 4.90 Å². The maximum Gasteiger partial charge on any atom is 0.308 e. The first-order valence-electron chi connectivity index (χ1n) is 6.57. The van der Waals surface area contributed by atoms with Crippen molar-refractivity contribution < 1.29 is 19.4 Å². The molecule has 1 rings (SSSR count). The van der Waals surface area contributed by atoms with E-state index in [0.717, 1.165) is 0 Å². The molecule has 0 radical (unpaired) electrons. The Labute approximate surface area is 119 Å². The first-order chi connectivity index (χ1) is 9.32. The van der Waals surface area contributed by atoms with Crippen molar-refractivity contribution >= 4 is 11.9 Å². The molecule has 0 saturated carbocycles. The number of amides is 1. The van der Waals surface area contributed by atoms with Crippen molar-refractivity contribution in [2.75, 3.05) is 13.6 Å². The van der Waals surface area contributed by atoms with E-state index in [9.17, 15) is 9.59 Å². The van der Waals surface area contributed by atoms with Crippen LogP contribution in [0.15, 0.2) is 24.3 Å². The van der Waals surface area contributed by atoms with Crippen molar-refractivity contribution in [2.45, 2.75) is 26.9 Å². The minimum absolute atomic E-state index is 0.0350. The van der Waals surface area contributed by atoms with Gasteiger partial charge in [0.25, 0.3) is 5.91 Å². The lowest BCUT2D eigenvalue weighted by atomic mass is 10.1. The first-order valence-corrected chi connectivity index (χ1v) is 6.57. The van der Waals surface area contributed by atoms with Gasteiger partial charge in [-0.2, -0.15) is 0 Å². The standard InChI is InChI=1S/C15H21NO4/c1-10(2)20-13-8-6-5-7-12(13)14(17)16(4)9-11(3)15(18)19/h5-8,10-11H,9H2,1-4H3,(H,18,19). The molecule has 0 aliphatic heterocycles. The molecule has 5 nitrogen and oxygen atoms in total. The van der Waals surface area contributed by atoms with Crippen LogP contribution in [0.5, 0.6) is 5.75 Å². The Morgan fingerprint density at radius 3 is 2.40 bits per heavy atom. The van der Waals surface area contributed by atoms with E-state index in [1.807, 2.05) is 13.8 Å². The topological polar surface area (TPSA) is 66.8 Å². The van der Waals surface area contributed by atoms with E-state index >= 15 is 0 Å². The normalized spacial score (nSPS) is 12.1. The lowest BCUT2D eigenvalue weighted by Gasteiger charge is -2.21. The summed E-state index contributed by atoms with van der Waals surface area (Å²) in [6.45, 7) is 5.50. The van der Waals surface area contributed by atoms with Crippen molar-refractivity contribution in [3.63, 3.8) is 0 Å². The summed E-state index contributed by atoms with van der Waals surface area (Å²) in [5.41, 5.74) is 0.446. The molecule has 0 aliphatic carbocycles. The second kappa shape index (κ2) is 6.93. The van der Waals surface area contributed by atoms with Crippen LogP contribution in [0.2, 0.25) is 0 Å². The number of benzene rings is 1. The predicted molar refractivity (Wildman–Crippen MR) is 76.0 cm³/mol. The third-order valence-corrected chi connectivity index (χ3v) is 2.80. The van der Waals surface area contributed by atoms with E-state index in [1.54, 1.807) is 38.2 Å². The summed E-state index contributed by atoms with van der Waals surface area (Å²) in [6.07, 6.45) is -0.0350. The van der Waals surface area contributed by atoms with E-state index in [0.29, 0.717) is 11.3 Å². The Morgan fingerprint density at radius 1 is 1.25 bits per heavy atom. The van der Waals surface area contributed by atoms with Crippen molar-refractivity contribution in [3.05, 3.63) is 29.8 Å². The Morgan fingerprint density at radius 2 is 1.85 bits per heavy atom. The van der Waals surface area contributed by atoms with Crippen LogP contribution in [0.4, 0.5) is 0 Å². The summed E-state index contributed by atoms with van der Waals surface area (Å²) < 4.78 is 5.61. The maximum atomic E-state index is 12.4. The smallest absolute Gasteiger partial charge is 0.308 e. The average Bonchev–Trinajstić information content (AvgIpc) is 2.37. The van der Waals surface area contributed by atoms with Gasteiger partial charge in [0.1, 0.15) is 5.75 Å². The van der Waals surface area contributed by atoms with Crippen LogP contribution < -0.4 is 4.74 Å². The van der Waals surface area contributed by atoms with E-state index in [-0.39, 0.29) is 18.6 Å². The van der Waals surface area contributed by atoms with Crippen LogP contribution in [-0.4, -0.2) is 41.6 Å². The molecule has 110 valence electrons. The number of rotatable bonds is 6. The number of hydrogen-bond acceptors (Lipinski definition) is 3. The van der Waals surface area contributed by atoms with Gasteiger partial charge in [-0.1, -0.05) is 19.1 Å². The molecule has 1 N–H and O–H groups in total. The fourth-order valence-corrected chi connectivity index (χ4v) is 1.78. The van der Waals surface area contributed by atoms with Crippen LogP contribution in [0, 0.1) is 5.92 Å². The van der Waals surface area contributed by atoms with Gasteiger partial charge in [-0.05, 0) is 26.0 Å². The Balaban J connectivity index is 2.88. The molecule has 20 heavy (non-hydrogen) atoms. The van der Waals surface area contributed by atoms with Gasteiger partial charge in [0.05, 0.1) is 17.6 Å². The highest BCUT2D eigenvalue weighted by Crippen LogP contribution is 2.21. The van der Waals surface area contributed by atoms with Gasteiger partial charge in [-0.15, -0.1) is 0 Å². The number of carbonyl (C=O) groups excluding carboxylic acids is 1. The van der Waals surface area contributed by atoms with Crippen molar-refractivity contribution in [3.8, 4) is 5.75 Å². The molecule has 0 aliphatic rings. The van der Waals surface area contributed by atoms with Gasteiger partial charge in [0.15, 0.2) is 0 Å². The van der Waals surface area contributed by atoms with Gasteiger partial charge < -0.3 is 14.7 Å². The van der Waals surface area contributed by atoms with Crippen LogP contribution in [0.1, 0.15) is 31.1 Å². The van der Waals surface area contributed by atoms with E-state index in [4.69, 9.17) is 9.84 Å². The molecule has 5 heteroatoms. The molecule has 0 spiro atoms. The molecule has 1 aromatic rings. The van der Waals surface area contributed by atoms with Crippen molar-refractivity contribution in [2.24, 2.45) is 5.92 Å². The molecule has 0 heterocycles. The molecular weight excluding hydrogens is 258 g/mol. The van der Waals surface area contributed by atoms with Gasteiger partial charge in [-0.3, -0.25) is 9.59 Å². The Bertz CT molecular complexity index is 485. The largest absolute Gasteiger partial charge is 0.490 e. The molecule has 1 unspecified atom stereocenters. The molecule has 1 atom stereocenters. The van der Waals surface area contributed by atoms with Gasteiger partial charge >= 0.3 is 5.97 Å². The van der Waals surface area contributed by atoms with Gasteiger partial charge in [0.2, 0.25) is 0 Å². The molecule has 1 amide bonds. The highest BCUT2D eigenvalue weighted by atomic mass is 16.5. The molecule has 1 aromatic carbocycles. The predicted octanol–water partition coefficient (Wildman–Crippen LogP) is 2.27. The number of carbonyl (C=O) groups is 2. The summed E-state index contributed by atoms with van der Waals surface area (Å²) in [4.78, 5) is 24.6. The second-order valence-corrected chi connectivity index (χ2v) is 5.09. The fraction of sp³-hybridized carbons (Fsp3) is 0.467. The lowest BCUT2D eigenvalue weighted by molar-refractivity contribution is -0.141. The zero-order valence-electron chi connectivity index (χ0n) is 12.3. The van der Waals surface area contributed by atoms with Crippen LogP contribution in [0.3, 0.4) is 0 Å². The Hall–Kier alpha value is -2.04. The lowest BCUT2D eigenvalue weighted by Crippen LogP contribution is -2.34. The van der Waals surface area contributed by atoms with Gasteiger partial charge in [0, 0.05) is 13.6 Å². The number of carboxylic acid groups (broad SMARTS) is 1. The summed E-state index contributed by atoms with van der Waals surface area (Å²) in [5.74, 6) is -1.25. The van der Waals surface area contributed by atoms with Crippen molar-refractivity contribution in [1.82, 2.24) is 4.90 Å². The summed E-state index contributed by atoms with van der Waals surface area (Å²) in [5, 5.41) is 8.89. The molecule has 0 aromatic heterocycles. The highest BCUT2D eigenvalue weighted by Gasteiger charge is 2.21. The molecule has 0 fully saturated rings. The van der Waals surface area contributed by atoms with Crippen LogP contribution >= 0.6 is 0 Å². The third-order valence-electron chi connectivity index (χ3n) is 2.80. The minimum Gasteiger partial charge on any atom is -0.490 e. The molecule has 0 bridgehead atoms. The fourth-order valence-electron chi connectivity index (χ4n) is 1.78. The van der Waals surface area contributed by atoms with Crippen molar-refractivity contribution in [1.29, 1.82) is 0 Å². The summed E-state index contributed by atoms with van der Waals surface area (Å²) in [6, 6.07) is 6.98. The number of carboxylic acids is 1. The number of ether oxygens (including phenoxy) is 1. The van der Waals surface area contributed by atoms with Crippen LogP contribution in [-0.2, 0) is 4.79 Å². The third kappa shape index (κ3) is 4.26. The number of nitrogens with zero attached hydrogens (tertiary/aromatic N) is 1. The zero-order valence-corrected chi connectivity index (χ0v) is 12.3.